The Morgan fingerprint density at radius 1 is 1.13 bits per heavy atom. The standard InChI is InChI=1S/C26H32N2O2S/c1-8-19(6)28-25(29)24(31-26(28)27-21-11-9-17(4)10-12-21)15-20-14-22(16(2)3)23(30-7)13-18(20)5/h9-16,19H,8H2,1-7H3/b24-15+,27-26?/t19-/m1/s1. The molecule has 0 radical (unpaired) electrons. The molecule has 1 fully saturated rings. The van der Waals surface area contributed by atoms with Gasteiger partial charge in [0.25, 0.3) is 5.91 Å². The summed E-state index contributed by atoms with van der Waals surface area (Å²) in [5.41, 5.74) is 5.32. The highest BCUT2D eigenvalue weighted by molar-refractivity contribution is 8.18. The number of rotatable bonds is 6. The van der Waals surface area contributed by atoms with E-state index in [1.165, 1.54) is 17.3 Å². The molecule has 0 aliphatic carbocycles. The molecule has 164 valence electrons. The van der Waals surface area contributed by atoms with E-state index >= 15 is 0 Å². The van der Waals surface area contributed by atoms with Gasteiger partial charge in [-0.2, -0.15) is 0 Å². The summed E-state index contributed by atoms with van der Waals surface area (Å²) in [4.78, 5) is 20.7. The summed E-state index contributed by atoms with van der Waals surface area (Å²) in [6.07, 6.45) is 2.87. The molecule has 3 rings (SSSR count). The summed E-state index contributed by atoms with van der Waals surface area (Å²) in [6, 6.07) is 12.3. The van der Waals surface area contributed by atoms with E-state index in [-0.39, 0.29) is 11.9 Å². The van der Waals surface area contributed by atoms with E-state index in [9.17, 15) is 4.79 Å². The molecule has 2 aromatic carbocycles. The lowest BCUT2D eigenvalue weighted by atomic mass is 9.96. The average molecular weight is 437 g/mol. The van der Waals surface area contributed by atoms with Gasteiger partial charge in [0, 0.05) is 6.04 Å². The van der Waals surface area contributed by atoms with Crippen molar-refractivity contribution in [2.45, 2.75) is 59.9 Å². The molecule has 1 aliphatic rings. The number of hydrogen-bond acceptors (Lipinski definition) is 4. The Morgan fingerprint density at radius 2 is 1.81 bits per heavy atom. The van der Waals surface area contributed by atoms with E-state index in [4.69, 9.17) is 9.73 Å². The predicted octanol–water partition coefficient (Wildman–Crippen LogP) is 6.84. The van der Waals surface area contributed by atoms with E-state index in [0.717, 1.165) is 39.7 Å². The molecule has 0 aromatic heterocycles. The van der Waals surface area contributed by atoms with E-state index < -0.39 is 0 Å². The third-order valence-corrected chi connectivity index (χ3v) is 6.64. The van der Waals surface area contributed by atoms with Crippen LogP contribution in [0, 0.1) is 13.8 Å². The van der Waals surface area contributed by atoms with Gasteiger partial charge in [-0.05, 0) is 91.9 Å². The third-order valence-electron chi connectivity index (χ3n) is 5.65. The topological polar surface area (TPSA) is 41.9 Å². The molecule has 1 heterocycles. The zero-order valence-corrected chi connectivity index (χ0v) is 20.3. The first-order valence-corrected chi connectivity index (χ1v) is 11.6. The van der Waals surface area contributed by atoms with Crippen LogP contribution in [0.4, 0.5) is 5.69 Å². The van der Waals surface area contributed by atoms with Gasteiger partial charge in [0.15, 0.2) is 5.17 Å². The van der Waals surface area contributed by atoms with Crippen molar-refractivity contribution in [3.8, 4) is 5.75 Å². The van der Waals surface area contributed by atoms with Gasteiger partial charge >= 0.3 is 0 Å². The maximum absolute atomic E-state index is 13.3. The minimum atomic E-state index is 0.0199. The molecule has 1 amide bonds. The summed E-state index contributed by atoms with van der Waals surface area (Å²) in [5.74, 6) is 1.24. The number of thioether (sulfide) groups is 1. The van der Waals surface area contributed by atoms with Crippen LogP contribution in [-0.4, -0.2) is 29.1 Å². The molecule has 0 spiro atoms. The Hall–Kier alpha value is -2.53. The van der Waals surface area contributed by atoms with Gasteiger partial charge < -0.3 is 4.74 Å². The summed E-state index contributed by atoms with van der Waals surface area (Å²) >= 11 is 1.45. The fraction of sp³-hybridized carbons (Fsp3) is 0.385. The molecule has 0 bridgehead atoms. The van der Waals surface area contributed by atoms with Gasteiger partial charge in [-0.1, -0.05) is 38.5 Å². The third kappa shape index (κ3) is 5.04. The molecule has 1 saturated heterocycles. The van der Waals surface area contributed by atoms with E-state index in [1.54, 1.807) is 7.11 Å². The molecule has 0 saturated carbocycles. The van der Waals surface area contributed by atoms with Crippen LogP contribution in [0.1, 0.15) is 62.3 Å². The number of carbonyl (C=O) groups is 1. The minimum absolute atomic E-state index is 0.0199. The highest BCUT2D eigenvalue weighted by Gasteiger charge is 2.36. The van der Waals surface area contributed by atoms with Gasteiger partial charge in [0.05, 0.1) is 17.7 Å². The molecule has 4 nitrogen and oxygen atoms in total. The highest BCUT2D eigenvalue weighted by atomic mass is 32.2. The molecule has 5 heteroatoms. The number of methoxy groups -OCH3 is 1. The monoisotopic (exact) mass is 436 g/mol. The lowest BCUT2D eigenvalue weighted by molar-refractivity contribution is -0.123. The number of amides is 1. The lowest BCUT2D eigenvalue weighted by Gasteiger charge is -2.22. The Morgan fingerprint density at radius 3 is 2.39 bits per heavy atom. The van der Waals surface area contributed by atoms with Crippen LogP contribution < -0.4 is 4.74 Å². The first-order chi connectivity index (χ1) is 14.7. The minimum Gasteiger partial charge on any atom is -0.496 e. The Kier molecular flexibility index (Phi) is 7.26. The summed E-state index contributed by atoms with van der Waals surface area (Å²) in [6.45, 7) is 12.6. The first kappa shape index (κ1) is 23.1. The fourth-order valence-corrected chi connectivity index (χ4v) is 4.59. The van der Waals surface area contributed by atoms with Crippen LogP contribution in [0.3, 0.4) is 0 Å². The number of aliphatic imine (C=N–C) groups is 1. The van der Waals surface area contributed by atoms with Crippen molar-refractivity contribution >= 4 is 34.6 Å². The van der Waals surface area contributed by atoms with E-state index in [2.05, 4.69) is 53.7 Å². The maximum Gasteiger partial charge on any atom is 0.266 e. The molecule has 1 aliphatic heterocycles. The molecule has 0 N–H and O–H groups in total. The van der Waals surface area contributed by atoms with Gasteiger partial charge in [-0.3, -0.25) is 9.69 Å². The predicted molar refractivity (Wildman–Crippen MR) is 132 cm³/mol. The molecule has 31 heavy (non-hydrogen) atoms. The molecular weight excluding hydrogens is 404 g/mol. The number of ether oxygens (including phenoxy) is 1. The fourth-order valence-electron chi connectivity index (χ4n) is 3.51. The molecule has 1 atom stereocenters. The summed E-state index contributed by atoms with van der Waals surface area (Å²) in [5, 5.41) is 0.740. The van der Waals surface area contributed by atoms with Crippen LogP contribution in [-0.2, 0) is 4.79 Å². The van der Waals surface area contributed by atoms with Crippen LogP contribution >= 0.6 is 11.8 Å². The normalized spacial score (nSPS) is 17.8. The maximum atomic E-state index is 13.3. The smallest absolute Gasteiger partial charge is 0.266 e. The number of amidine groups is 1. The number of nitrogens with zero attached hydrogens (tertiary/aromatic N) is 2. The second kappa shape index (κ2) is 9.73. The van der Waals surface area contributed by atoms with Gasteiger partial charge in [0.1, 0.15) is 5.75 Å². The zero-order valence-electron chi connectivity index (χ0n) is 19.5. The number of benzene rings is 2. The second-order valence-electron chi connectivity index (χ2n) is 8.38. The Balaban J connectivity index is 2.04. The Bertz CT molecular complexity index is 1020. The second-order valence-corrected chi connectivity index (χ2v) is 9.39. The first-order valence-electron chi connectivity index (χ1n) is 10.8. The molecule has 2 aromatic rings. The van der Waals surface area contributed by atoms with Crippen molar-refractivity contribution in [2.24, 2.45) is 4.99 Å². The number of aryl methyl sites for hydroxylation is 2. The summed E-state index contributed by atoms with van der Waals surface area (Å²) < 4.78 is 5.57. The molecular formula is C26H32N2O2S. The van der Waals surface area contributed by atoms with Crippen LogP contribution in [0.2, 0.25) is 0 Å². The van der Waals surface area contributed by atoms with Crippen LogP contribution in [0.5, 0.6) is 5.75 Å². The van der Waals surface area contributed by atoms with Crippen LogP contribution in [0.25, 0.3) is 6.08 Å². The zero-order chi connectivity index (χ0) is 22.7. The molecule has 0 unspecified atom stereocenters. The van der Waals surface area contributed by atoms with Crippen molar-refractivity contribution in [1.82, 2.24) is 4.90 Å². The van der Waals surface area contributed by atoms with E-state index in [1.807, 2.05) is 35.2 Å². The van der Waals surface area contributed by atoms with Crippen molar-refractivity contribution in [3.63, 3.8) is 0 Å². The highest BCUT2D eigenvalue weighted by Crippen LogP contribution is 2.38. The van der Waals surface area contributed by atoms with Crippen molar-refractivity contribution in [1.29, 1.82) is 0 Å². The lowest BCUT2D eigenvalue weighted by Crippen LogP contribution is -2.36. The van der Waals surface area contributed by atoms with Crippen molar-refractivity contribution in [2.75, 3.05) is 7.11 Å². The van der Waals surface area contributed by atoms with Gasteiger partial charge in [-0.15, -0.1) is 0 Å². The Labute approximate surface area is 190 Å². The van der Waals surface area contributed by atoms with Crippen molar-refractivity contribution in [3.05, 3.63) is 63.6 Å². The average Bonchev–Trinajstić information content (AvgIpc) is 3.04. The quantitative estimate of drug-likeness (QED) is 0.466. The number of hydrogen-bond donors (Lipinski definition) is 0. The van der Waals surface area contributed by atoms with Crippen molar-refractivity contribution < 1.29 is 9.53 Å². The summed E-state index contributed by atoms with van der Waals surface area (Å²) in [7, 11) is 1.70. The van der Waals surface area contributed by atoms with Crippen LogP contribution in [0.15, 0.2) is 46.3 Å². The largest absolute Gasteiger partial charge is 0.496 e. The SMILES string of the molecule is CC[C@@H](C)N1C(=O)/C(=C\c2cc(C(C)C)c(OC)cc2C)SC1=Nc1ccc(C)cc1. The van der Waals surface area contributed by atoms with Gasteiger partial charge in [-0.25, -0.2) is 4.99 Å². The van der Waals surface area contributed by atoms with E-state index in [0.29, 0.717) is 10.8 Å². The number of carbonyl (C=O) groups excluding carboxylic acids is 1. The van der Waals surface area contributed by atoms with Gasteiger partial charge in [0.2, 0.25) is 0 Å².